The molecule has 90 valence electrons. The first-order valence-electron chi connectivity index (χ1n) is 5.76. The molecule has 18 heavy (non-hydrogen) atoms. The summed E-state index contributed by atoms with van der Waals surface area (Å²) < 4.78 is 7.09. The zero-order valence-electron chi connectivity index (χ0n) is 10.1. The van der Waals surface area contributed by atoms with Crippen molar-refractivity contribution in [1.29, 1.82) is 0 Å². The Bertz CT molecular complexity index is 658. The normalized spacial score (nSPS) is 10.7. The first kappa shape index (κ1) is 10.8. The van der Waals surface area contributed by atoms with Gasteiger partial charge in [-0.05, 0) is 29.8 Å². The van der Waals surface area contributed by atoms with Crippen LogP contribution >= 0.6 is 0 Å². The lowest BCUT2D eigenvalue weighted by atomic mass is 10.2. The highest BCUT2D eigenvalue weighted by Crippen LogP contribution is 2.15. The molecular weight excluding hydrogens is 226 g/mol. The number of aromatic nitrogens is 3. The summed E-state index contributed by atoms with van der Waals surface area (Å²) in [6.07, 6.45) is 3.57. The van der Waals surface area contributed by atoms with Crippen molar-refractivity contribution >= 4 is 11.0 Å². The third-order valence-electron chi connectivity index (χ3n) is 2.91. The van der Waals surface area contributed by atoms with Gasteiger partial charge >= 0.3 is 0 Å². The lowest BCUT2D eigenvalue weighted by molar-refractivity contribution is 0.414. The molecule has 4 nitrogen and oxygen atoms in total. The molecule has 0 saturated heterocycles. The quantitative estimate of drug-likeness (QED) is 0.705. The van der Waals surface area contributed by atoms with Crippen molar-refractivity contribution in [2.75, 3.05) is 7.11 Å². The summed E-state index contributed by atoms with van der Waals surface area (Å²) in [6.45, 7) is 0.735. The monoisotopic (exact) mass is 239 g/mol. The van der Waals surface area contributed by atoms with Gasteiger partial charge in [0, 0.05) is 6.20 Å². The molecule has 0 aliphatic heterocycles. The highest BCUT2D eigenvalue weighted by molar-refractivity contribution is 5.73. The fourth-order valence-electron chi connectivity index (χ4n) is 1.94. The van der Waals surface area contributed by atoms with Crippen LogP contribution < -0.4 is 4.74 Å². The lowest BCUT2D eigenvalue weighted by Gasteiger charge is -2.05. The number of rotatable bonds is 3. The molecule has 3 aromatic rings. The Morgan fingerprint density at radius 2 is 2.00 bits per heavy atom. The van der Waals surface area contributed by atoms with Crippen molar-refractivity contribution in [3.05, 3.63) is 54.4 Å². The molecule has 0 radical (unpaired) electrons. The average Bonchev–Trinajstić information content (AvgIpc) is 2.83. The molecule has 0 bridgehead atoms. The second kappa shape index (κ2) is 4.49. The van der Waals surface area contributed by atoms with Gasteiger partial charge < -0.3 is 4.74 Å². The fourth-order valence-corrected chi connectivity index (χ4v) is 1.94. The maximum Gasteiger partial charge on any atom is 0.118 e. The molecule has 0 atom stereocenters. The maximum atomic E-state index is 5.14. The van der Waals surface area contributed by atoms with Crippen LogP contribution in [0.3, 0.4) is 0 Å². The zero-order chi connectivity index (χ0) is 12.4. The summed E-state index contributed by atoms with van der Waals surface area (Å²) in [6, 6.07) is 12.0. The van der Waals surface area contributed by atoms with Gasteiger partial charge in [0.1, 0.15) is 11.3 Å². The van der Waals surface area contributed by atoms with Gasteiger partial charge in [0.15, 0.2) is 0 Å². The molecule has 4 heteroatoms. The highest BCUT2D eigenvalue weighted by Gasteiger charge is 2.03. The van der Waals surface area contributed by atoms with Crippen LogP contribution in [0.2, 0.25) is 0 Å². The molecule has 0 aliphatic rings. The SMILES string of the molecule is COc1ccc(Cn2ncc3ncccc32)cc1. The Kier molecular flexibility index (Phi) is 2.68. The molecule has 0 amide bonds. The number of hydrogen-bond acceptors (Lipinski definition) is 3. The van der Waals surface area contributed by atoms with E-state index in [1.165, 1.54) is 5.56 Å². The van der Waals surface area contributed by atoms with Gasteiger partial charge in [-0.3, -0.25) is 9.67 Å². The van der Waals surface area contributed by atoms with E-state index >= 15 is 0 Å². The number of methoxy groups -OCH3 is 1. The van der Waals surface area contributed by atoms with E-state index in [-0.39, 0.29) is 0 Å². The van der Waals surface area contributed by atoms with E-state index in [9.17, 15) is 0 Å². The summed E-state index contributed by atoms with van der Waals surface area (Å²) in [5.74, 6) is 0.866. The van der Waals surface area contributed by atoms with Crippen LogP contribution in [0.15, 0.2) is 48.8 Å². The average molecular weight is 239 g/mol. The predicted octanol–water partition coefficient (Wildman–Crippen LogP) is 2.49. The number of pyridine rings is 1. The van der Waals surface area contributed by atoms with E-state index in [4.69, 9.17) is 4.74 Å². The molecule has 0 spiro atoms. The molecule has 0 N–H and O–H groups in total. The first-order chi connectivity index (χ1) is 8.86. The lowest BCUT2D eigenvalue weighted by Crippen LogP contribution is -2.01. The topological polar surface area (TPSA) is 39.9 Å². The van der Waals surface area contributed by atoms with E-state index in [1.54, 1.807) is 19.5 Å². The first-order valence-corrected chi connectivity index (χ1v) is 5.76. The van der Waals surface area contributed by atoms with Crippen LogP contribution in [0.4, 0.5) is 0 Å². The Morgan fingerprint density at radius 1 is 1.17 bits per heavy atom. The van der Waals surface area contributed by atoms with E-state index in [0.717, 1.165) is 23.3 Å². The minimum Gasteiger partial charge on any atom is -0.497 e. The van der Waals surface area contributed by atoms with Gasteiger partial charge in [0.05, 0.1) is 25.4 Å². The van der Waals surface area contributed by atoms with E-state index in [2.05, 4.69) is 10.1 Å². The third kappa shape index (κ3) is 1.93. The zero-order valence-corrected chi connectivity index (χ0v) is 10.1. The summed E-state index contributed by atoms with van der Waals surface area (Å²) in [5, 5.41) is 4.36. The number of ether oxygens (including phenoxy) is 1. The van der Waals surface area contributed by atoms with Gasteiger partial charge in [-0.2, -0.15) is 5.10 Å². The van der Waals surface area contributed by atoms with Gasteiger partial charge in [-0.25, -0.2) is 0 Å². The highest BCUT2D eigenvalue weighted by atomic mass is 16.5. The summed E-state index contributed by atoms with van der Waals surface area (Å²) in [4.78, 5) is 4.27. The van der Waals surface area contributed by atoms with Crippen LogP contribution in [-0.2, 0) is 6.54 Å². The van der Waals surface area contributed by atoms with Crippen molar-refractivity contribution in [2.24, 2.45) is 0 Å². The second-order valence-electron chi connectivity index (χ2n) is 4.06. The Morgan fingerprint density at radius 3 is 2.78 bits per heavy atom. The van der Waals surface area contributed by atoms with Crippen molar-refractivity contribution in [3.8, 4) is 5.75 Å². The van der Waals surface area contributed by atoms with Crippen LogP contribution in [0.1, 0.15) is 5.56 Å². The molecule has 1 aromatic carbocycles. The fraction of sp³-hybridized carbons (Fsp3) is 0.143. The number of fused-ring (bicyclic) bond motifs is 1. The van der Waals surface area contributed by atoms with Crippen LogP contribution in [0.5, 0.6) is 5.75 Å². The predicted molar refractivity (Wildman–Crippen MR) is 69.6 cm³/mol. The van der Waals surface area contributed by atoms with Crippen LogP contribution in [0.25, 0.3) is 11.0 Å². The van der Waals surface area contributed by atoms with Crippen molar-refractivity contribution in [1.82, 2.24) is 14.8 Å². The van der Waals surface area contributed by atoms with Crippen molar-refractivity contribution in [2.45, 2.75) is 6.54 Å². The molecule has 2 aromatic heterocycles. The standard InChI is InChI=1S/C14H13N3O/c1-18-12-6-4-11(5-7-12)10-17-14-3-2-8-15-13(14)9-16-17/h2-9H,10H2,1H3. The Hall–Kier alpha value is -2.36. The molecule has 2 heterocycles. The molecule has 3 rings (SSSR count). The van der Waals surface area contributed by atoms with E-state index in [1.807, 2.05) is 41.1 Å². The van der Waals surface area contributed by atoms with Crippen LogP contribution in [0, 0.1) is 0 Å². The van der Waals surface area contributed by atoms with Crippen molar-refractivity contribution in [3.63, 3.8) is 0 Å². The molecular formula is C14H13N3O. The summed E-state index contributed by atoms with van der Waals surface area (Å²) >= 11 is 0. The number of nitrogens with zero attached hydrogens (tertiary/aromatic N) is 3. The van der Waals surface area contributed by atoms with Gasteiger partial charge in [0.2, 0.25) is 0 Å². The Balaban J connectivity index is 1.91. The molecule has 0 fully saturated rings. The molecule has 0 saturated carbocycles. The second-order valence-corrected chi connectivity index (χ2v) is 4.06. The number of benzene rings is 1. The summed E-state index contributed by atoms with van der Waals surface area (Å²) in [7, 11) is 1.67. The Labute approximate surface area is 105 Å². The largest absolute Gasteiger partial charge is 0.497 e. The van der Waals surface area contributed by atoms with Gasteiger partial charge in [-0.1, -0.05) is 12.1 Å². The van der Waals surface area contributed by atoms with Crippen LogP contribution in [-0.4, -0.2) is 21.9 Å². The third-order valence-corrected chi connectivity index (χ3v) is 2.91. The van der Waals surface area contributed by atoms with Gasteiger partial charge in [-0.15, -0.1) is 0 Å². The van der Waals surface area contributed by atoms with Gasteiger partial charge in [0.25, 0.3) is 0 Å². The molecule has 0 unspecified atom stereocenters. The van der Waals surface area contributed by atoms with E-state index in [0.29, 0.717) is 0 Å². The molecule has 0 aliphatic carbocycles. The summed E-state index contributed by atoms with van der Waals surface area (Å²) in [5.41, 5.74) is 3.16. The smallest absolute Gasteiger partial charge is 0.118 e. The maximum absolute atomic E-state index is 5.14. The minimum atomic E-state index is 0.735. The van der Waals surface area contributed by atoms with Crippen molar-refractivity contribution < 1.29 is 4.74 Å². The minimum absolute atomic E-state index is 0.735. The number of hydrogen-bond donors (Lipinski definition) is 0. The van der Waals surface area contributed by atoms with E-state index < -0.39 is 0 Å².